The highest BCUT2D eigenvalue weighted by molar-refractivity contribution is 5.96. The maximum atomic E-state index is 12.6. The average molecular weight is 361 g/mol. The van der Waals surface area contributed by atoms with Crippen molar-refractivity contribution in [3.05, 3.63) is 77.1 Å². The van der Waals surface area contributed by atoms with Crippen molar-refractivity contribution in [2.45, 2.75) is 26.4 Å². The van der Waals surface area contributed by atoms with Gasteiger partial charge in [-0.15, -0.1) is 0 Å². The lowest BCUT2D eigenvalue weighted by molar-refractivity contribution is -0.118. The van der Waals surface area contributed by atoms with Gasteiger partial charge in [0.25, 0.3) is 0 Å². The fraction of sp³-hybridized carbons (Fsp3) is 0.190. The van der Waals surface area contributed by atoms with E-state index in [2.05, 4.69) is 10.4 Å². The van der Waals surface area contributed by atoms with Crippen molar-refractivity contribution in [2.75, 3.05) is 5.32 Å². The van der Waals surface area contributed by atoms with Crippen LogP contribution < -0.4 is 5.32 Å². The summed E-state index contributed by atoms with van der Waals surface area (Å²) >= 11 is 0. The molecular weight excluding hydrogens is 342 g/mol. The first kappa shape index (κ1) is 17.0. The minimum absolute atomic E-state index is 0.0676. The van der Waals surface area contributed by atoms with Gasteiger partial charge in [0.15, 0.2) is 0 Å². The van der Waals surface area contributed by atoms with Crippen LogP contribution in [0.15, 0.2) is 54.6 Å². The van der Waals surface area contributed by atoms with Crippen LogP contribution in [0.25, 0.3) is 5.69 Å². The third-order valence-corrected chi connectivity index (χ3v) is 4.70. The predicted octanol–water partition coefficient (Wildman–Crippen LogP) is 3.73. The van der Waals surface area contributed by atoms with Crippen molar-refractivity contribution < 1.29 is 14.3 Å². The lowest BCUT2D eigenvalue weighted by Crippen LogP contribution is -2.16. The molecule has 1 aromatic heterocycles. The van der Waals surface area contributed by atoms with E-state index in [1.165, 1.54) is 0 Å². The molecule has 3 aromatic rings. The molecule has 2 heterocycles. The van der Waals surface area contributed by atoms with Gasteiger partial charge in [-0.1, -0.05) is 36.4 Å². The number of ether oxygens (including phenoxy) is 1. The Labute approximate surface area is 156 Å². The molecule has 6 nitrogen and oxygen atoms in total. The Balaban J connectivity index is 1.53. The number of cyclic esters (lactones) is 1. The quantitative estimate of drug-likeness (QED) is 0.719. The molecule has 1 aliphatic heterocycles. The number of nitrogens with zero attached hydrogens (tertiary/aromatic N) is 2. The second-order valence-electron chi connectivity index (χ2n) is 6.53. The first-order chi connectivity index (χ1) is 13.0. The minimum Gasteiger partial charge on any atom is -0.453 e. The number of carbonyl (C=O) groups is 2. The molecule has 2 aromatic carbocycles. The topological polar surface area (TPSA) is 73.2 Å². The van der Waals surface area contributed by atoms with Gasteiger partial charge in [0.1, 0.15) is 6.10 Å². The second kappa shape index (κ2) is 6.72. The van der Waals surface area contributed by atoms with Gasteiger partial charge in [0.05, 0.1) is 34.7 Å². The molecule has 4 rings (SSSR count). The number of esters is 1. The molecule has 1 aliphatic rings. The molecular formula is C21H19N3O3. The van der Waals surface area contributed by atoms with E-state index in [-0.39, 0.29) is 18.3 Å². The molecule has 0 bridgehead atoms. The summed E-state index contributed by atoms with van der Waals surface area (Å²) in [6, 6.07) is 16.9. The fourth-order valence-electron chi connectivity index (χ4n) is 3.37. The van der Waals surface area contributed by atoms with Crippen molar-refractivity contribution in [1.82, 2.24) is 9.78 Å². The molecule has 6 heteroatoms. The number of aromatic nitrogens is 2. The van der Waals surface area contributed by atoms with Crippen LogP contribution in [0.3, 0.4) is 0 Å². The first-order valence-electron chi connectivity index (χ1n) is 8.76. The number of amides is 1. The highest BCUT2D eigenvalue weighted by Crippen LogP contribution is 2.33. The average Bonchev–Trinajstić information content (AvgIpc) is 3.14. The smallest absolute Gasteiger partial charge is 0.339 e. The van der Waals surface area contributed by atoms with E-state index in [0.29, 0.717) is 11.3 Å². The summed E-state index contributed by atoms with van der Waals surface area (Å²) in [7, 11) is 0. The molecule has 1 atom stereocenters. The zero-order valence-corrected chi connectivity index (χ0v) is 15.1. The number of carbonyl (C=O) groups excluding carboxylic acids is 2. The van der Waals surface area contributed by atoms with E-state index < -0.39 is 6.10 Å². The Hall–Kier alpha value is -3.41. The molecule has 0 saturated heterocycles. The minimum atomic E-state index is -0.557. The first-order valence-corrected chi connectivity index (χ1v) is 8.76. The van der Waals surface area contributed by atoms with Crippen molar-refractivity contribution in [3.63, 3.8) is 0 Å². The highest BCUT2D eigenvalue weighted by atomic mass is 16.5. The Kier molecular flexibility index (Phi) is 4.24. The van der Waals surface area contributed by atoms with Crippen LogP contribution in [0, 0.1) is 13.8 Å². The largest absolute Gasteiger partial charge is 0.453 e. The Morgan fingerprint density at radius 3 is 2.59 bits per heavy atom. The summed E-state index contributed by atoms with van der Waals surface area (Å²) in [6.07, 6.45) is -0.489. The van der Waals surface area contributed by atoms with E-state index in [9.17, 15) is 9.59 Å². The number of nitrogens with one attached hydrogen (secondary N) is 1. The van der Waals surface area contributed by atoms with Crippen LogP contribution in [0.1, 0.15) is 39.8 Å². The van der Waals surface area contributed by atoms with Gasteiger partial charge < -0.3 is 10.1 Å². The number of hydrogen-bond donors (Lipinski definition) is 1. The van der Waals surface area contributed by atoms with E-state index >= 15 is 0 Å². The van der Waals surface area contributed by atoms with Crippen LogP contribution in [0.2, 0.25) is 0 Å². The van der Waals surface area contributed by atoms with E-state index in [4.69, 9.17) is 4.74 Å². The molecule has 27 heavy (non-hydrogen) atoms. The lowest BCUT2D eigenvalue weighted by Gasteiger charge is -2.11. The van der Waals surface area contributed by atoms with Crippen LogP contribution in [-0.2, 0) is 9.53 Å². The van der Waals surface area contributed by atoms with Gasteiger partial charge in [-0.25, -0.2) is 9.48 Å². The number of fused-ring (bicyclic) bond motifs is 1. The molecule has 0 aliphatic carbocycles. The predicted molar refractivity (Wildman–Crippen MR) is 101 cm³/mol. The zero-order valence-electron chi connectivity index (χ0n) is 15.1. The van der Waals surface area contributed by atoms with Crippen LogP contribution in [0.4, 0.5) is 5.69 Å². The SMILES string of the molecule is Cc1nn(-c2ccccc2)c(C)c1NC(=O)CC1OC(=O)c2ccccc21. The third kappa shape index (κ3) is 3.10. The Bertz CT molecular complexity index is 1020. The normalized spacial score (nSPS) is 15.3. The number of hydrogen-bond acceptors (Lipinski definition) is 4. The molecule has 0 radical (unpaired) electrons. The van der Waals surface area contributed by atoms with Gasteiger partial charge in [-0.3, -0.25) is 4.79 Å². The van der Waals surface area contributed by atoms with Gasteiger partial charge in [-0.2, -0.15) is 5.10 Å². The molecule has 0 saturated carbocycles. The number of para-hydroxylation sites is 1. The zero-order chi connectivity index (χ0) is 19.0. The summed E-state index contributed by atoms with van der Waals surface area (Å²) in [5.74, 6) is -0.601. The standard InChI is InChI=1S/C21H19N3O3/c1-13-20(14(2)24(23-13)15-8-4-3-5-9-15)22-19(25)12-18-16-10-6-7-11-17(16)21(26)27-18/h3-11,18H,12H2,1-2H3,(H,22,25). The summed E-state index contributed by atoms with van der Waals surface area (Å²) in [5, 5.41) is 7.46. The molecule has 136 valence electrons. The van der Waals surface area contributed by atoms with E-state index in [1.54, 1.807) is 16.8 Å². The number of aryl methyl sites for hydroxylation is 1. The van der Waals surface area contributed by atoms with Gasteiger partial charge in [0, 0.05) is 5.56 Å². The molecule has 1 N–H and O–H groups in total. The third-order valence-electron chi connectivity index (χ3n) is 4.70. The second-order valence-corrected chi connectivity index (χ2v) is 6.53. The lowest BCUT2D eigenvalue weighted by atomic mass is 10.0. The van der Waals surface area contributed by atoms with Crippen molar-refractivity contribution in [3.8, 4) is 5.69 Å². The van der Waals surface area contributed by atoms with E-state index in [0.717, 1.165) is 22.6 Å². The number of benzene rings is 2. The van der Waals surface area contributed by atoms with Crippen LogP contribution in [0.5, 0.6) is 0 Å². The number of rotatable bonds is 4. The van der Waals surface area contributed by atoms with Gasteiger partial charge in [0.2, 0.25) is 5.91 Å². The molecule has 1 unspecified atom stereocenters. The summed E-state index contributed by atoms with van der Waals surface area (Å²) in [4.78, 5) is 24.5. The fourth-order valence-corrected chi connectivity index (χ4v) is 3.37. The molecule has 1 amide bonds. The van der Waals surface area contributed by atoms with E-state index in [1.807, 2.05) is 56.3 Å². The maximum Gasteiger partial charge on any atom is 0.339 e. The highest BCUT2D eigenvalue weighted by Gasteiger charge is 2.32. The Morgan fingerprint density at radius 2 is 1.81 bits per heavy atom. The number of anilines is 1. The van der Waals surface area contributed by atoms with Gasteiger partial charge >= 0.3 is 5.97 Å². The summed E-state index contributed by atoms with van der Waals surface area (Å²) in [6.45, 7) is 3.76. The summed E-state index contributed by atoms with van der Waals surface area (Å²) in [5.41, 5.74) is 4.47. The van der Waals surface area contributed by atoms with Crippen LogP contribution >= 0.6 is 0 Å². The monoisotopic (exact) mass is 361 g/mol. The van der Waals surface area contributed by atoms with Gasteiger partial charge in [-0.05, 0) is 32.0 Å². The van der Waals surface area contributed by atoms with Crippen LogP contribution in [-0.4, -0.2) is 21.7 Å². The van der Waals surface area contributed by atoms with Crippen molar-refractivity contribution in [1.29, 1.82) is 0 Å². The van der Waals surface area contributed by atoms with Crippen molar-refractivity contribution >= 4 is 17.6 Å². The molecule has 0 spiro atoms. The van der Waals surface area contributed by atoms with Crippen molar-refractivity contribution in [2.24, 2.45) is 0 Å². The Morgan fingerprint density at radius 1 is 1.11 bits per heavy atom. The maximum absolute atomic E-state index is 12.6. The molecule has 0 fully saturated rings. The summed E-state index contributed by atoms with van der Waals surface area (Å²) < 4.78 is 7.16.